The monoisotopic (exact) mass is 91.1 g/mol. The first kappa shape index (κ1) is 5.20. The summed E-state index contributed by atoms with van der Waals surface area (Å²) in [4.78, 5) is 0.431. The van der Waals surface area contributed by atoms with Gasteiger partial charge >= 0.3 is 0 Å². The highest BCUT2D eigenvalue weighted by Gasteiger charge is 1.89. The van der Waals surface area contributed by atoms with Crippen LogP contribution in [0.2, 0.25) is 0 Å². The molecule has 0 rings (SSSR count). The zero-order chi connectivity index (χ0) is 4.99. The van der Waals surface area contributed by atoms with Crippen molar-refractivity contribution in [1.82, 2.24) is 0 Å². The van der Waals surface area contributed by atoms with E-state index >= 15 is 0 Å². The van der Waals surface area contributed by atoms with Gasteiger partial charge in [0.1, 0.15) is 4.86 Å². The molecule has 0 spiro atoms. The Hall–Kier alpha value is -0.800. The molecule has 0 aliphatic heterocycles. The van der Waals surface area contributed by atoms with E-state index in [1.807, 2.05) is 0 Å². The minimum absolute atomic E-state index is 0.302. The Kier molecular flexibility index (Phi) is 2.11. The molecule has 0 bridgehead atoms. The largest absolute Gasteiger partial charge is 0.359 e. The van der Waals surface area contributed by atoms with E-state index < -0.39 is 0 Å². The summed E-state index contributed by atoms with van der Waals surface area (Å²) in [7, 11) is 0. The number of hydroxylamine groups is 1. The van der Waals surface area contributed by atoms with Crippen LogP contribution in [0.25, 0.3) is 0 Å². The van der Waals surface area contributed by atoms with Gasteiger partial charge in [0.05, 0.1) is 0 Å². The average Bonchev–Trinajstić information content (AvgIpc) is 1.65. The van der Waals surface area contributed by atoms with Crippen LogP contribution in [0.1, 0.15) is 6.92 Å². The van der Waals surface area contributed by atoms with Crippen molar-refractivity contribution in [3.8, 4) is 0 Å². The molecule has 4 nitrogen and oxygen atoms in total. The molecule has 0 aromatic rings. The fourth-order valence-corrected chi connectivity index (χ4v) is 0.0632. The van der Waals surface area contributed by atoms with Crippen molar-refractivity contribution < 1.29 is 15.3 Å². The van der Waals surface area contributed by atoms with E-state index in [0.29, 0.717) is 11.4 Å². The first-order chi connectivity index (χ1) is 2.81. The lowest BCUT2D eigenvalue weighted by molar-refractivity contribution is -0.834. The molecule has 0 aliphatic rings. The molecule has 0 aromatic heterocycles. The van der Waals surface area contributed by atoms with Crippen LogP contribution >= 0.6 is 0 Å². The van der Waals surface area contributed by atoms with Crippen molar-refractivity contribution in [1.29, 1.82) is 0 Å². The first-order valence-corrected chi connectivity index (χ1v) is 1.62. The summed E-state index contributed by atoms with van der Waals surface area (Å²) < 4.78 is 0. The molecule has 0 radical (unpaired) electrons. The van der Waals surface area contributed by atoms with Crippen molar-refractivity contribution in [3.63, 3.8) is 0 Å². The summed E-state index contributed by atoms with van der Waals surface area (Å²) in [6.45, 7) is 1.95. The minimum Gasteiger partial charge on any atom is -0.359 e. The highest BCUT2D eigenvalue weighted by molar-refractivity contribution is 3.85. The molecule has 0 aliphatic carbocycles. The zero-order valence-corrected chi connectivity index (χ0v) is 3.50. The Morgan fingerprint density at radius 3 is 2.33 bits per heavy atom. The van der Waals surface area contributed by atoms with E-state index in [9.17, 15) is 0 Å². The Labute approximate surface area is 35.3 Å². The Bertz CT molecular complexity index is 60.6. The van der Waals surface area contributed by atoms with Crippen molar-refractivity contribution in [2.45, 2.75) is 6.92 Å². The molecule has 2 N–H and O–H groups in total. The fourth-order valence-electron chi connectivity index (χ4n) is 0.0632. The molecule has 0 fully saturated rings. The van der Waals surface area contributed by atoms with Gasteiger partial charge in [0.2, 0.25) is 11.8 Å². The van der Waals surface area contributed by atoms with E-state index in [2.05, 4.69) is 5.28 Å². The molecule has 0 unspecified atom stereocenters. The summed E-state index contributed by atoms with van der Waals surface area (Å²) in [5, 5.41) is 18.1. The highest BCUT2D eigenvalue weighted by atomic mass is 16.6. The third kappa shape index (κ3) is 1.51. The number of hydrogen-bond acceptors (Lipinski definition) is 1. The van der Waals surface area contributed by atoms with Gasteiger partial charge in [-0.25, -0.2) is 0 Å². The molecule has 36 valence electrons. The predicted octanol–water partition coefficient (Wildman–Crippen LogP) is 0.249. The SMILES string of the molecule is CC[N+](O)=NO. The second kappa shape index (κ2) is 2.44. The maximum Gasteiger partial charge on any atom is 0.236 e. The third-order valence-corrected chi connectivity index (χ3v) is 0.386. The molecular formula is C2H7N2O2+. The number of nitrogens with zero attached hydrogens (tertiary/aromatic N) is 2. The van der Waals surface area contributed by atoms with Gasteiger partial charge in [-0.2, -0.15) is 0 Å². The maximum absolute atomic E-state index is 8.08. The molecule has 0 heterocycles. The summed E-state index contributed by atoms with van der Waals surface area (Å²) in [6.07, 6.45) is 0. The van der Waals surface area contributed by atoms with Crippen molar-refractivity contribution >= 4 is 0 Å². The van der Waals surface area contributed by atoms with Crippen LogP contribution in [-0.2, 0) is 0 Å². The van der Waals surface area contributed by atoms with Crippen LogP contribution in [0.3, 0.4) is 0 Å². The van der Waals surface area contributed by atoms with E-state index in [0.717, 1.165) is 0 Å². The van der Waals surface area contributed by atoms with E-state index in [-0.39, 0.29) is 0 Å². The highest BCUT2D eigenvalue weighted by Crippen LogP contribution is 1.62. The number of hydrogen-bond donors (Lipinski definition) is 2. The molecule has 6 heavy (non-hydrogen) atoms. The van der Waals surface area contributed by atoms with Gasteiger partial charge in [-0.15, -0.1) is 0 Å². The van der Waals surface area contributed by atoms with Crippen molar-refractivity contribution in [2.24, 2.45) is 5.28 Å². The van der Waals surface area contributed by atoms with Gasteiger partial charge in [-0.3, -0.25) is 5.21 Å². The molecule has 0 aromatic carbocycles. The van der Waals surface area contributed by atoms with Crippen LogP contribution in [0, 0.1) is 0 Å². The Morgan fingerprint density at radius 2 is 2.33 bits per heavy atom. The minimum atomic E-state index is 0.302. The molecule has 0 saturated carbocycles. The average molecular weight is 91.1 g/mol. The molecule has 0 saturated heterocycles. The van der Waals surface area contributed by atoms with Crippen LogP contribution in [0.15, 0.2) is 5.28 Å². The van der Waals surface area contributed by atoms with Crippen LogP contribution in [0.4, 0.5) is 0 Å². The Morgan fingerprint density at radius 1 is 1.83 bits per heavy atom. The van der Waals surface area contributed by atoms with Gasteiger partial charge in [0, 0.05) is 6.92 Å². The third-order valence-electron chi connectivity index (χ3n) is 0.386. The van der Waals surface area contributed by atoms with Gasteiger partial charge in [-0.05, 0) is 0 Å². The van der Waals surface area contributed by atoms with Crippen molar-refractivity contribution in [2.75, 3.05) is 6.54 Å². The quantitative estimate of drug-likeness (QED) is 0.276. The summed E-state index contributed by atoms with van der Waals surface area (Å²) in [6, 6.07) is 0. The van der Waals surface area contributed by atoms with Crippen molar-refractivity contribution in [3.05, 3.63) is 0 Å². The van der Waals surface area contributed by atoms with Crippen LogP contribution in [0.5, 0.6) is 0 Å². The van der Waals surface area contributed by atoms with E-state index in [4.69, 9.17) is 10.4 Å². The zero-order valence-electron chi connectivity index (χ0n) is 3.50. The lowest BCUT2D eigenvalue weighted by Crippen LogP contribution is -1.99. The normalized spacial score (nSPS) is 11.8. The summed E-state index contributed by atoms with van der Waals surface area (Å²) in [5.74, 6) is 0. The predicted molar refractivity (Wildman–Crippen MR) is 16.8 cm³/mol. The molecule has 4 heteroatoms. The molecule has 0 amide bonds. The summed E-state index contributed by atoms with van der Waals surface area (Å²) >= 11 is 0. The fraction of sp³-hybridized carbons (Fsp3) is 1.00. The van der Waals surface area contributed by atoms with Crippen LogP contribution < -0.4 is 0 Å². The molecular weight excluding hydrogens is 84.0 g/mol. The molecule has 0 atom stereocenters. The van der Waals surface area contributed by atoms with E-state index in [1.54, 1.807) is 6.92 Å². The number of rotatable bonds is 1. The standard InChI is InChI=1S/C2H6N2O2/c1-2-4(6)3-5/h6H,2H2,1H3/p+1. The van der Waals surface area contributed by atoms with Gasteiger partial charge in [0.25, 0.3) is 0 Å². The lowest BCUT2D eigenvalue weighted by atomic mass is 10.8. The van der Waals surface area contributed by atoms with Gasteiger partial charge < -0.3 is 5.21 Å². The first-order valence-electron chi connectivity index (χ1n) is 1.62. The Balaban J connectivity index is 3.22. The topological polar surface area (TPSA) is 55.8 Å². The second-order valence-electron chi connectivity index (χ2n) is 0.778. The van der Waals surface area contributed by atoms with E-state index in [1.165, 1.54) is 0 Å². The van der Waals surface area contributed by atoms with Crippen LogP contribution in [-0.4, -0.2) is 21.8 Å². The summed E-state index contributed by atoms with van der Waals surface area (Å²) in [5.41, 5.74) is 0. The smallest absolute Gasteiger partial charge is 0.236 e. The maximum atomic E-state index is 8.08. The second-order valence-corrected chi connectivity index (χ2v) is 0.778. The lowest BCUT2D eigenvalue weighted by Gasteiger charge is -1.71. The van der Waals surface area contributed by atoms with Gasteiger partial charge in [0.15, 0.2) is 0 Å². The van der Waals surface area contributed by atoms with Gasteiger partial charge in [-0.1, -0.05) is 0 Å².